The van der Waals surface area contributed by atoms with Crippen LogP contribution in [0, 0.1) is 0 Å². The number of aromatic nitrogens is 1. The van der Waals surface area contributed by atoms with Crippen molar-refractivity contribution in [3.05, 3.63) is 33.2 Å². The highest BCUT2D eigenvalue weighted by molar-refractivity contribution is 9.10. The van der Waals surface area contributed by atoms with Gasteiger partial charge in [-0.1, -0.05) is 12.8 Å². The normalized spacial score (nSPS) is 19.0. The highest BCUT2D eigenvalue weighted by Crippen LogP contribution is 2.11. The second-order valence-corrected chi connectivity index (χ2v) is 8.18. The van der Waals surface area contributed by atoms with E-state index < -0.39 is 0 Å². The molecule has 0 saturated carbocycles. The Hall–Kier alpha value is -1.67. The first-order chi connectivity index (χ1) is 13.0. The molecule has 0 N–H and O–H groups in total. The summed E-state index contributed by atoms with van der Waals surface area (Å²) in [5, 5.41) is 0. The third-order valence-electron chi connectivity index (χ3n) is 5.30. The van der Waals surface area contributed by atoms with Crippen molar-refractivity contribution in [1.82, 2.24) is 19.3 Å². The number of nitrogens with zero attached hydrogens (tertiary/aromatic N) is 4. The summed E-state index contributed by atoms with van der Waals surface area (Å²) in [4.78, 5) is 42.8. The lowest BCUT2D eigenvalue weighted by Crippen LogP contribution is -2.52. The van der Waals surface area contributed by atoms with Crippen LogP contribution in [0.2, 0.25) is 0 Å². The van der Waals surface area contributed by atoms with Crippen molar-refractivity contribution in [1.29, 1.82) is 0 Å². The van der Waals surface area contributed by atoms with Gasteiger partial charge in [0.15, 0.2) is 0 Å². The molecule has 1 aromatic rings. The Morgan fingerprint density at radius 1 is 0.815 bits per heavy atom. The Labute approximate surface area is 168 Å². The summed E-state index contributed by atoms with van der Waals surface area (Å²) >= 11 is 3.32. The minimum atomic E-state index is -0.187. The van der Waals surface area contributed by atoms with Crippen molar-refractivity contribution >= 4 is 27.7 Å². The molecule has 8 heteroatoms. The fourth-order valence-corrected chi connectivity index (χ4v) is 4.02. The van der Waals surface area contributed by atoms with Gasteiger partial charge in [-0.25, -0.2) is 0 Å². The molecular weight excluding hydrogens is 412 g/mol. The van der Waals surface area contributed by atoms with E-state index in [1.807, 2.05) is 4.90 Å². The number of likely N-dealkylation sites (tertiary alicyclic amines) is 1. The van der Waals surface area contributed by atoms with E-state index in [1.165, 1.54) is 23.5 Å². The maximum absolute atomic E-state index is 12.5. The number of rotatable bonds is 4. The van der Waals surface area contributed by atoms with E-state index in [9.17, 15) is 14.4 Å². The highest BCUT2D eigenvalue weighted by Gasteiger charge is 2.24. The Morgan fingerprint density at radius 2 is 1.41 bits per heavy atom. The molecule has 1 aromatic heterocycles. The summed E-state index contributed by atoms with van der Waals surface area (Å²) in [5.74, 6) is 0.144. The lowest BCUT2D eigenvalue weighted by molar-refractivity contribution is -0.135. The molecule has 3 heterocycles. The van der Waals surface area contributed by atoms with Gasteiger partial charge in [-0.05, 0) is 34.8 Å². The summed E-state index contributed by atoms with van der Waals surface area (Å²) in [6.07, 6.45) is 6.26. The second-order valence-electron chi connectivity index (χ2n) is 7.27. The molecule has 0 aromatic carbocycles. The van der Waals surface area contributed by atoms with Gasteiger partial charge in [-0.3, -0.25) is 19.3 Å². The van der Waals surface area contributed by atoms with Crippen LogP contribution in [-0.4, -0.2) is 76.9 Å². The van der Waals surface area contributed by atoms with Crippen molar-refractivity contribution in [3.63, 3.8) is 0 Å². The first-order valence-electron chi connectivity index (χ1n) is 9.67. The fourth-order valence-electron chi connectivity index (χ4n) is 3.64. The van der Waals surface area contributed by atoms with E-state index in [4.69, 9.17) is 0 Å². The van der Waals surface area contributed by atoms with Crippen LogP contribution >= 0.6 is 15.9 Å². The third kappa shape index (κ3) is 5.65. The Balaban J connectivity index is 1.46. The minimum absolute atomic E-state index is 0.0466. The molecule has 2 amide bonds. The van der Waals surface area contributed by atoms with E-state index in [0.29, 0.717) is 32.7 Å². The summed E-state index contributed by atoms with van der Waals surface area (Å²) < 4.78 is 2.19. The lowest BCUT2D eigenvalue weighted by atomic mass is 10.2. The number of carbonyl (C=O) groups is 2. The average molecular weight is 439 g/mol. The van der Waals surface area contributed by atoms with Crippen LogP contribution in [0.25, 0.3) is 0 Å². The Morgan fingerprint density at radius 3 is 2.07 bits per heavy atom. The van der Waals surface area contributed by atoms with E-state index in [2.05, 4.69) is 20.8 Å². The number of halogens is 1. The molecule has 0 bridgehead atoms. The largest absolute Gasteiger partial charge is 0.342 e. The van der Waals surface area contributed by atoms with Crippen LogP contribution in [0.3, 0.4) is 0 Å². The quantitative estimate of drug-likeness (QED) is 0.707. The van der Waals surface area contributed by atoms with Gasteiger partial charge in [0.2, 0.25) is 11.8 Å². The number of hydrogen-bond acceptors (Lipinski definition) is 4. The molecule has 0 radical (unpaired) electrons. The van der Waals surface area contributed by atoms with E-state index in [-0.39, 0.29) is 23.9 Å². The lowest BCUT2D eigenvalue weighted by Gasteiger charge is -2.35. The topological polar surface area (TPSA) is 65.9 Å². The van der Waals surface area contributed by atoms with Gasteiger partial charge in [0.05, 0.1) is 6.54 Å². The SMILES string of the molecule is O=C(CN1CCN(C(=O)Cn2cc(Br)ccc2=O)CC1)N1CCCCCC1. The number of carbonyl (C=O) groups excluding carboxylic acids is 2. The molecule has 0 spiro atoms. The molecule has 2 fully saturated rings. The molecule has 2 aliphatic rings. The first-order valence-corrected chi connectivity index (χ1v) is 10.5. The monoisotopic (exact) mass is 438 g/mol. The summed E-state index contributed by atoms with van der Waals surface area (Å²) in [7, 11) is 0. The Bertz CT molecular complexity index is 720. The maximum Gasteiger partial charge on any atom is 0.251 e. The van der Waals surface area contributed by atoms with Gasteiger partial charge in [-0.2, -0.15) is 0 Å². The molecule has 2 aliphatic heterocycles. The van der Waals surface area contributed by atoms with E-state index in [0.717, 1.165) is 30.4 Å². The number of pyridine rings is 1. The third-order valence-corrected chi connectivity index (χ3v) is 5.76. The van der Waals surface area contributed by atoms with Crippen molar-refractivity contribution in [2.24, 2.45) is 0 Å². The number of hydrogen-bond donors (Lipinski definition) is 0. The summed E-state index contributed by atoms with van der Waals surface area (Å²) in [6.45, 7) is 4.80. The van der Waals surface area contributed by atoms with Crippen LogP contribution in [0.15, 0.2) is 27.6 Å². The molecule has 3 rings (SSSR count). The van der Waals surface area contributed by atoms with Crippen molar-refractivity contribution in [3.8, 4) is 0 Å². The second kappa shape index (κ2) is 9.50. The molecule has 27 heavy (non-hydrogen) atoms. The van der Waals surface area contributed by atoms with Gasteiger partial charge in [0.25, 0.3) is 5.56 Å². The molecule has 2 saturated heterocycles. The van der Waals surface area contributed by atoms with Gasteiger partial charge in [-0.15, -0.1) is 0 Å². The number of piperazine rings is 1. The standard InChI is InChI=1S/C19H27BrN4O3/c20-16-5-6-17(25)24(13-16)15-19(27)23-11-9-21(10-12-23)14-18(26)22-7-3-1-2-4-8-22/h5-6,13H,1-4,7-12,14-15H2. The minimum Gasteiger partial charge on any atom is -0.342 e. The highest BCUT2D eigenvalue weighted by atomic mass is 79.9. The Kier molecular flexibility index (Phi) is 7.07. The van der Waals surface area contributed by atoms with Crippen LogP contribution in [0.4, 0.5) is 0 Å². The summed E-state index contributed by atoms with van der Waals surface area (Å²) in [5.41, 5.74) is -0.187. The van der Waals surface area contributed by atoms with Crippen LogP contribution < -0.4 is 5.56 Å². The van der Waals surface area contributed by atoms with Crippen LogP contribution in [0.1, 0.15) is 25.7 Å². The van der Waals surface area contributed by atoms with E-state index >= 15 is 0 Å². The molecule has 0 unspecified atom stereocenters. The van der Waals surface area contributed by atoms with Crippen molar-refractivity contribution < 1.29 is 9.59 Å². The zero-order valence-electron chi connectivity index (χ0n) is 15.6. The zero-order chi connectivity index (χ0) is 19.2. The fraction of sp³-hybridized carbons (Fsp3) is 0.632. The van der Waals surface area contributed by atoms with Gasteiger partial charge >= 0.3 is 0 Å². The average Bonchev–Trinajstić information content (AvgIpc) is 2.95. The van der Waals surface area contributed by atoms with Gasteiger partial charge < -0.3 is 14.4 Å². The van der Waals surface area contributed by atoms with Gasteiger partial charge in [0, 0.05) is 56.0 Å². The predicted molar refractivity (Wildman–Crippen MR) is 106 cm³/mol. The molecule has 148 valence electrons. The van der Waals surface area contributed by atoms with Gasteiger partial charge in [0.1, 0.15) is 6.54 Å². The molecular formula is C19H27BrN4O3. The van der Waals surface area contributed by atoms with E-state index in [1.54, 1.807) is 17.2 Å². The zero-order valence-corrected chi connectivity index (χ0v) is 17.2. The smallest absolute Gasteiger partial charge is 0.251 e. The number of amides is 2. The first kappa shape index (κ1) is 20.1. The maximum atomic E-state index is 12.5. The molecule has 0 aliphatic carbocycles. The summed E-state index contributed by atoms with van der Waals surface area (Å²) in [6, 6.07) is 3.12. The molecule has 0 atom stereocenters. The molecule has 7 nitrogen and oxygen atoms in total. The van der Waals surface area contributed by atoms with Crippen molar-refractivity contribution in [2.45, 2.75) is 32.2 Å². The van der Waals surface area contributed by atoms with Crippen LogP contribution in [0.5, 0.6) is 0 Å². The predicted octanol–water partition coefficient (Wildman–Crippen LogP) is 1.16. The van der Waals surface area contributed by atoms with Crippen LogP contribution in [-0.2, 0) is 16.1 Å². The van der Waals surface area contributed by atoms with Crippen molar-refractivity contribution in [2.75, 3.05) is 45.8 Å².